The molecule has 1 fully saturated rings. The first-order chi connectivity index (χ1) is 16.6. The van der Waals surface area contributed by atoms with Crippen LogP contribution in [0.4, 0.5) is 36.6 Å². The molecule has 1 unspecified atom stereocenters. The minimum absolute atomic E-state index is 0.0106. The third kappa shape index (κ3) is 5.80. The molecule has 1 aliphatic heterocycles. The number of hydrogen-bond acceptors (Lipinski definition) is 9. The number of anilines is 4. The fourth-order valence-corrected chi connectivity index (χ4v) is 3.80. The van der Waals surface area contributed by atoms with Crippen LogP contribution in [0.5, 0.6) is 0 Å². The van der Waals surface area contributed by atoms with Crippen LogP contribution < -0.4 is 15.5 Å². The van der Waals surface area contributed by atoms with Gasteiger partial charge in [-0.2, -0.15) is 19.5 Å². The van der Waals surface area contributed by atoms with Gasteiger partial charge in [-0.3, -0.25) is 10.1 Å². The van der Waals surface area contributed by atoms with E-state index in [1.807, 2.05) is 6.92 Å². The van der Waals surface area contributed by atoms with Crippen molar-refractivity contribution in [3.8, 4) is 0 Å². The number of aromatic nitrogens is 5. The number of methoxy groups -OCH3 is 1. The van der Waals surface area contributed by atoms with Gasteiger partial charge in [0.05, 0.1) is 24.4 Å². The van der Waals surface area contributed by atoms with E-state index in [1.54, 1.807) is 17.9 Å². The number of ether oxygens (including phenoxy) is 1. The summed E-state index contributed by atoms with van der Waals surface area (Å²) < 4.78 is 48.7. The zero-order valence-electron chi connectivity index (χ0n) is 19.6. The third-order valence-corrected chi connectivity index (χ3v) is 5.73. The highest BCUT2D eigenvalue weighted by Crippen LogP contribution is 2.32. The summed E-state index contributed by atoms with van der Waals surface area (Å²) in [4.78, 5) is 14.1. The van der Waals surface area contributed by atoms with E-state index in [-0.39, 0.29) is 29.9 Å². The fraction of sp³-hybridized carbons (Fsp3) is 0.455. The second-order valence-corrected chi connectivity index (χ2v) is 8.75. The quantitative estimate of drug-likeness (QED) is 0.375. The first-order valence-corrected chi connectivity index (χ1v) is 11.1. The van der Waals surface area contributed by atoms with Gasteiger partial charge in [-0.1, -0.05) is 0 Å². The number of rotatable bonds is 8. The minimum Gasteiger partial charge on any atom is -0.390 e. The molecule has 13 heteroatoms. The van der Waals surface area contributed by atoms with E-state index < -0.39 is 29.1 Å². The summed E-state index contributed by atoms with van der Waals surface area (Å²) in [6, 6.07) is 1.45. The highest BCUT2D eigenvalue weighted by atomic mass is 19.1. The molecule has 0 aliphatic carbocycles. The van der Waals surface area contributed by atoms with Crippen LogP contribution in [0.1, 0.15) is 37.2 Å². The predicted octanol–water partition coefficient (Wildman–Crippen LogP) is 3.21. The summed E-state index contributed by atoms with van der Waals surface area (Å²) in [5.74, 6) is -2.24. The SMILES string of the molecule is COCC(Nc1nc(Nc2cc(C)[nH]n2)nc(N2CCC(C)(O)CC2)c1F)c1ncc(F)cc1F. The number of H-pyrrole nitrogens is 1. The molecular formula is C22H27F3N8O2. The molecule has 0 saturated carbocycles. The van der Waals surface area contributed by atoms with Crippen LogP contribution in [0.25, 0.3) is 0 Å². The number of nitrogens with zero attached hydrogens (tertiary/aromatic N) is 5. The third-order valence-electron chi connectivity index (χ3n) is 5.73. The normalized spacial score (nSPS) is 16.3. The number of aliphatic hydroxyl groups is 1. The summed E-state index contributed by atoms with van der Waals surface area (Å²) in [6.45, 7) is 4.21. The van der Waals surface area contributed by atoms with Crippen molar-refractivity contribution < 1.29 is 23.0 Å². The number of hydrogen-bond donors (Lipinski definition) is 4. The van der Waals surface area contributed by atoms with Crippen LogP contribution in [0, 0.1) is 24.4 Å². The summed E-state index contributed by atoms with van der Waals surface area (Å²) >= 11 is 0. The maximum atomic E-state index is 15.7. The van der Waals surface area contributed by atoms with Crippen molar-refractivity contribution in [3.05, 3.63) is 47.2 Å². The zero-order valence-corrected chi connectivity index (χ0v) is 19.6. The Balaban J connectivity index is 1.71. The molecule has 0 amide bonds. The number of aromatic amines is 1. The number of piperidine rings is 1. The van der Waals surface area contributed by atoms with Gasteiger partial charge in [0.2, 0.25) is 11.8 Å². The maximum Gasteiger partial charge on any atom is 0.232 e. The zero-order chi connectivity index (χ0) is 25.2. The first-order valence-electron chi connectivity index (χ1n) is 11.1. The van der Waals surface area contributed by atoms with Crippen molar-refractivity contribution in [2.45, 2.75) is 38.3 Å². The summed E-state index contributed by atoms with van der Waals surface area (Å²) in [7, 11) is 1.39. The van der Waals surface area contributed by atoms with Crippen LogP contribution in [0.3, 0.4) is 0 Å². The van der Waals surface area contributed by atoms with Gasteiger partial charge in [-0.15, -0.1) is 0 Å². The Kier molecular flexibility index (Phi) is 7.08. The van der Waals surface area contributed by atoms with E-state index in [1.165, 1.54) is 7.11 Å². The van der Waals surface area contributed by atoms with Gasteiger partial charge in [-0.05, 0) is 26.7 Å². The van der Waals surface area contributed by atoms with E-state index >= 15 is 4.39 Å². The molecular weight excluding hydrogens is 465 g/mol. The number of nitrogens with one attached hydrogen (secondary N) is 3. The number of halogens is 3. The Bertz CT molecular complexity index is 1180. The molecule has 1 saturated heterocycles. The van der Waals surface area contributed by atoms with Gasteiger partial charge in [0, 0.05) is 38.0 Å². The van der Waals surface area contributed by atoms with Gasteiger partial charge < -0.3 is 25.4 Å². The lowest BCUT2D eigenvalue weighted by Crippen LogP contribution is -2.43. The monoisotopic (exact) mass is 492 g/mol. The molecule has 3 aromatic heterocycles. The molecule has 4 N–H and O–H groups in total. The molecule has 0 radical (unpaired) electrons. The lowest BCUT2D eigenvalue weighted by molar-refractivity contribution is 0.0349. The van der Waals surface area contributed by atoms with Gasteiger partial charge in [-0.25, -0.2) is 8.78 Å². The van der Waals surface area contributed by atoms with Crippen LogP contribution >= 0.6 is 0 Å². The molecule has 0 bridgehead atoms. The summed E-state index contributed by atoms with van der Waals surface area (Å²) in [6.07, 6.45) is 1.73. The van der Waals surface area contributed by atoms with E-state index in [0.717, 1.165) is 11.9 Å². The molecule has 4 rings (SSSR count). The Morgan fingerprint density at radius 1 is 1.23 bits per heavy atom. The minimum atomic E-state index is -0.972. The summed E-state index contributed by atoms with van der Waals surface area (Å²) in [5, 5.41) is 22.9. The van der Waals surface area contributed by atoms with Crippen molar-refractivity contribution >= 4 is 23.4 Å². The Labute approximate surface area is 200 Å². The van der Waals surface area contributed by atoms with Crippen LogP contribution in [0.2, 0.25) is 0 Å². The Morgan fingerprint density at radius 3 is 2.60 bits per heavy atom. The molecule has 3 aromatic rings. The molecule has 10 nitrogen and oxygen atoms in total. The Hall–Kier alpha value is -3.45. The van der Waals surface area contributed by atoms with Crippen molar-refractivity contribution in [3.63, 3.8) is 0 Å². The topological polar surface area (TPSA) is 124 Å². The second kappa shape index (κ2) is 10.0. The van der Waals surface area contributed by atoms with Crippen molar-refractivity contribution in [2.24, 2.45) is 0 Å². The van der Waals surface area contributed by atoms with Gasteiger partial charge in [0.1, 0.15) is 17.3 Å². The largest absolute Gasteiger partial charge is 0.390 e. The molecule has 0 aromatic carbocycles. The highest BCUT2D eigenvalue weighted by molar-refractivity contribution is 5.59. The van der Waals surface area contributed by atoms with Crippen LogP contribution in [-0.4, -0.2) is 62.7 Å². The van der Waals surface area contributed by atoms with Gasteiger partial charge >= 0.3 is 0 Å². The lowest BCUT2D eigenvalue weighted by Gasteiger charge is -2.36. The van der Waals surface area contributed by atoms with Crippen molar-refractivity contribution in [2.75, 3.05) is 42.3 Å². The second-order valence-electron chi connectivity index (χ2n) is 8.75. The lowest BCUT2D eigenvalue weighted by atomic mass is 9.94. The van der Waals surface area contributed by atoms with E-state index in [4.69, 9.17) is 4.74 Å². The molecule has 4 heterocycles. The van der Waals surface area contributed by atoms with Gasteiger partial charge in [0.25, 0.3) is 0 Å². The highest BCUT2D eigenvalue weighted by Gasteiger charge is 2.31. The van der Waals surface area contributed by atoms with Crippen LogP contribution in [0.15, 0.2) is 18.3 Å². The van der Waals surface area contributed by atoms with Gasteiger partial charge in [0.15, 0.2) is 17.5 Å². The molecule has 0 spiro atoms. The van der Waals surface area contributed by atoms with Crippen LogP contribution in [-0.2, 0) is 4.74 Å². The first kappa shape index (κ1) is 24.7. The Morgan fingerprint density at radius 2 is 1.97 bits per heavy atom. The van der Waals surface area contributed by atoms with Crippen molar-refractivity contribution in [1.29, 1.82) is 0 Å². The standard InChI is InChI=1S/C22H27F3N8O2/c1-12-8-16(32-31-12)28-21-29-19(17(25)20(30-21)33-6-4-22(2,34)5-7-33)27-15(11-35-3)18-14(24)9-13(23)10-26-18/h8-10,15,34H,4-7,11H2,1-3H3,(H3,27,28,29,30,31,32). The summed E-state index contributed by atoms with van der Waals surface area (Å²) in [5.41, 5.74) is -0.201. The van der Waals surface area contributed by atoms with E-state index in [2.05, 4.69) is 35.8 Å². The predicted molar refractivity (Wildman–Crippen MR) is 123 cm³/mol. The average molecular weight is 493 g/mol. The molecule has 35 heavy (non-hydrogen) atoms. The molecule has 188 valence electrons. The van der Waals surface area contributed by atoms with E-state index in [0.29, 0.717) is 37.8 Å². The average Bonchev–Trinajstić information content (AvgIpc) is 3.20. The fourth-order valence-electron chi connectivity index (χ4n) is 3.80. The molecule has 1 aliphatic rings. The number of aryl methyl sites for hydroxylation is 1. The number of pyridine rings is 1. The van der Waals surface area contributed by atoms with E-state index in [9.17, 15) is 13.9 Å². The molecule has 1 atom stereocenters. The van der Waals surface area contributed by atoms with Crippen molar-refractivity contribution in [1.82, 2.24) is 25.1 Å². The smallest absolute Gasteiger partial charge is 0.232 e. The maximum absolute atomic E-state index is 15.7.